The van der Waals surface area contributed by atoms with Gasteiger partial charge in [-0.05, 0) is 23.8 Å². The van der Waals surface area contributed by atoms with Gasteiger partial charge < -0.3 is 20.8 Å². The lowest BCUT2D eigenvalue weighted by Crippen LogP contribution is -2.42. The number of rotatable bonds is 9. The van der Waals surface area contributed by atoms with Gasteiger partial charge in [0.2, 0.25) is 0 Å². The summed E-state index contributed by atoms with van der Waals surface area (Å²) in [7, 11) is 0. The van der Waals surface area contributed by atoms with Gasteiger partial charge >= 0.3 is 11.9 Å². The summed E-state index contributed by atoms with van der Waals surface area (Å²) in [6.45, 7) is 3.61. The molecule has 2 rings (SSSR count). The Morgan fingerprint density at radius 1 is 0.966 bits per heavy atom. The lowest BCUT2D eigenvalue weighted by Gasteiger charge is -2.15. The van der Waals surface area contributed by atoms with Crippen molar-refractivity contribution < 1.29 is 29.4 Å². The van der Waals surface area contributed by atoms with Crippen LogP contribution in [0.3, 0.4) is 0 Å². The van der Waals surface area contributed by atoms with Crippen LogP contribution in [0.15, 0.2) is 61.2 Å². The number of hydrogen-bond donors (Lipinski definition) is 4. The van der Waals surface area contributed by atoms with Crippen molar-refractivity contribution in [3.8, 4) is 0 Å². The zero-order chi connectivity index (χ0) is 21.4. The monoisotopic (exact) mass is 396 g/mol. The summed E-state index contributed by atoms with van der Waals surface area (Å²) in [5, 5.41) is 23.6. The maximum absolute atomic E-state index is 12.5. The zero-order valence-electron chi connectivity index (χ0n) is 15.4. The number of amides is 2. The number of carbonyl (C=O) groups excluding carboxylic acids is 2. The Morgan fingerprint density at radius 2 is 1.66 bits per heavy atom. The summed E-state index contributed by atoms with van der Waals surface area (Å²) in [5.41, 5.74) is 0.173. The first-order chi connectivity index (χ1) is 13.8. The van der Waals surface area contributed by atoms with Crippen LogP contribution in [0.25, 0.3) is 0 Å². The van der Waals surface area contributed by atoms with Crippen LogP contribution in [0.4, 0.5) is 0 Å². The van der Waals surface area contributed by atoms with Crippen LogP contribution in [0, 0.1) is 0 Å². The molecule has 150 valence electrons. The molecule has 0 radical (unpaired) electrons. The Morgan fingerprint density at radius 3 is 2.24 bits per heavy atom. The van der Waals surface area contributed by atoms with E-state index >= 15 is 0 Å². The van der Waals surface area contributed by atoms with Crippen molar-refractivity contribution in [3.05, 3.63) is 83.4 Å². The van der Waals surface area contributed by atoms with Crippen LogP contribution in [0.1, 0.15) is 36.6 Å². The van der Waals surface area contributed by atoms with Crippen molar-refractivity contribution >= 4 is 23.8 Å². The Bertz CT molecular complexity index is 939. The van der Waals surface area contributed by atoms with Gasteiger partial charge in [0.15, 0.2) is 0 Å². The van der Waals surface area contributed by atoms with Gasteiger partial charge in [-0.3, -0.25) is 9.59 Å². The third-order valence-electron chi connectivity index (χ3n) is 4.05. The van der Waals surface area contributed by atoms with E-state index in [1.54, 1.807) is 30.3 Å². The first kappa shape index (κ1) is 21.4. The molecule has 4 N–H and O–H groups in total. The maximum atomic E-state index is 12.5. The molecule has 29 heavy (non-hydrogen) atoms. The second-order valence-corrected chi connectivity index (χ2v) is 6.12. The number of carbonyl (C=O) groups is 4. The van der Waals surface area contributed by atoms with E-state index in [9.17, 15) is 29.4 Å². The molecule has 0 aromatic heterocycles. The van der Waals surface area contributed by atoms with Crippen molar-refractivity contribution in [2.24, 2.45) is 0 Å². The summed E-state index contributed by atoms with van der Waals surface area (Å²) in [6, 6.07) is 11.1. The second-order valence-electron chi connectivity index (χ2n) is 6.12. The molecule has 0 saturated heterocycles. The lowest BCUT2D eigenvalue weighted by atomic mass is 10.0. The standard InChI is InChI=1S/C21H20N2O6/c1-2-10-22-19(25)15-9-8-14(12-16(15)20(26)27)18(24)23-17(21(28)29)11-13-6-4-3-5-7-13/h2-9,12,17H,1,10-11H2,(H,22,25)(H,23,24)(H,26,27)(H,28,29). The molecular weight excluding hydrogens is 376 g/mol. The largest absolute Gasteiger partial charge is 0.480 e. The minimum Gasteiger partial charge on any atom is -0.480 e. The highest BCUT2D eigenvalue weighted by Gasteiger charge is 2.23. The lowest BCUT2D eigenvalue weighted by molar-refractivity contribution is -0.139. The van der Waals surface area contributed by atoms with E-state index in [-0.39, 0.29) is 29.7 Å². The van der Waals surface area contributed by atoms with E-state index in [1.165, 1.54) is 18.2 Å². The van der Waals surface area contributed by atoms with Gasteiger partial charge in [-0.2, -0.15) is 0 Å². The molecule has 2 aromatic rings. The van der Waals surface area contributed by atoms with Gasteiger partial charge in [-0.15, -0.1) is 6.58 Å². The first-order valence-electron chi connectivity index (χ1n) is 8.67. The molecule has 1 atom stereocenters. The highest BCUT2D eigenvalue weighted by Crippen LogP contribution is 2.14. The smallest absolute Gasteiger partial charge is 0.336 e. The Hall–Kier alpha value is -3.94. The second kappa shape index (κ2) is 9.84. The molecule has 0 aliphatic carbocycles. The van der Waals surface area contributed by atoms with E-state index in [0.717, 1.165) is 11.6 Å². The average molecular weight is 396 g/mol. The molecule has 2 amide bonds. The molecule has 0 fully saturated rings. The topological polar surface area (TPSA) is 133 Å². The number of aliphatic carboxylic acids is 1. The number of carboxylic acids is 2. The number of hydrogen-bond acceptors (Lipinski definition) is 4. The van der Waals surface area contributed by atoms with Crippen molar-refractivity contribution in [1.29, 1.82) is 0 Å². The summed E-state index contributed by atoms with van der Waals surface area (Å²) in [6.07, 6.45) is 1.51. The maximum Gasteiger partial charge on any atom is 0.336 e. The number of nitrogens with one attached hydrogen (secondary N) is 2. The van der Waals surface area contributed by atoms with Gasteiger partial charge in [-0.1, -0.05) is 36.4 Å². The van der Waals surface area contributed by atoms with Crippen molar-refractivity contribution in [2.75, 3.05) is 6.54 Å². The van der Waals surface area contributed by atoms with Crippen LogP contribution in [-0.4, -0.2) is 46.6 Å². The Balaban J connectivity index is 2.23. The van der Waals surface area contributed by atoms with E-state index < -0.39 is 29.8 Å². The minimum absolute atomic E-state index is 0.0652. The number of aromatic carboxylic acids is 1. The molecule has 0 heterocycles. The molecule has 0 saturated carbocycles. The molecule has 0 aliphatic heterocycles. The van der Waals surface area contributed by atoms with E-state index in [0.29, 0.717) is 0 Å². The zero-order valence-corrected chi connectivity index (χ0v) is 15.4. The van der Waals surface area contributed by atoms with Gasteiger partial charge in [0.05, 0.1) is 11.1 Å². The highest BCUT2D eigenvalue weighted by atomic mass is 16.4. The predicted octanol–water partition coefficient (Wildman–Crippen LogP) is 1.73. The van der Waals surface area contributed by atoms with Gasteiger partial charge in [-0.25, -0.2) is 9.59 Å². The van der Waals surface area contributed by atoms with Crippen molar-refractivity contribution in [2.45, 2.75) is 12.5 Å². The van der Waals surface area contributed by atoms with Gasteiger partial charge in [0.25, 0.3) is 11.8 Å². The van der Waals surface area contributed by atoms with E-state index in [2.05, 4.69) is 17.2 Å². The highest BCUT2D eigenvalue weighted by molar-refractivity contribution is 6.07. The average Bonchev–Trinajstić information content (AvgIpc) is 2.71. The molecule has 0 bridgehead atoms. The minimum atomic E-state index is -1.39. The first-order valence-corrected chi connectivity index (χ1v) is 8.67. The molecule has 0 aliphatic rings. The van der Waals surface area contributed by atoms with Crippen LogP contribution >= 0.6 is 0 Å². The van der Waals surface area contributed by atoms with Gasteiger partial charge in [0, 0.05) is 18.5 Å². The van der Waals surface area contributed by atoms with Crippen molar-refractivity contribution in [1.82, 2.24) is 10.6 Å². The quantitative estimate of drug-likeness (QED) is 0.477. The molecule has 0 spiro atoms. The predicted molar refractivity (Wildman–Crippen MR) is 105 cm³/mol. The SMILES string of the molecule is C=CCNC(=O)c1ccc(C(=O)NC(Cc2ccccc2)C(=O)O)cc1C(=O)O. The van der Waals surface area contributed by atoms with Crippen LogP contribution in [-0.2, 0) is 11.2 Å². The summed E-state index contributed by atoms with van der Waals surface area (Å²) >= 11 is 0. The molecular formula is C21H20N2O6. The Labute approximate surface area is 166 Å². The molecule has 8 nitrogen and oxygen atoms in total. The third-order valence-corrected chi connectivity index (χ3v) is 4.05. The summed E-state index contributed by atoms with van der Waals surface area (Å²) < 4.78 is 0. The summed E-state index contributed by atoms with van der Waals surface area (Å²) in [4.78, 5) is 47.6. The number of benzene rings is 2. The molecule has 8 heteroatoms. The number of carboxylic acid groups (broad SMARTS) is 2. The van der Waals surface area contributed by atoms with E-state index in [1.807, 2.05) is 0 Å². The van der Waals surface area contributed by atoms with Crippen molar-refractivity contribution in [3.63, 3.8) is 0 Å². The molecule has 2 aromatic carbocycles. The third kappa shape index (κ3) is 5.77. The summed E-state index contributed by atoms with van der Waals surface area (Å²) in [5.74, 6) is -3.99. The molecule has 1 unspecified atom stereocenters. The van der Waals surface area contributed by atoms with Crippen LogP contribution in [0.5, 0.6) is 0 Å². The normalized spacial score (nSPS) is 11.2. The van der Waals surface area contributed by atoms with Crippen LogP contribution < -0.4 is 10.6 Å². The van der Waals surface area contributed by atoms with E-state index in [4.69, 9.17) is 0 Å². The van der Waals surface area contributed by atoms with Crippen LogP contribution in [0.2, 0.25) is 0 Å². The Kier molecular flexibility index (Phi) is 7.25. The van der Waals surface area contributed by atoms with Gasteiger partial charge in [0.1, 0.15) is 6.04 Å². The fourth-order valence-electron chi connectivity index (χ4n) is 2.61. The fraction of sp³-hybridized carbons (Fsp3) is 0.143. The fourth-order valence-corrected chi connectivity index (χ4v) is 2.61.